The first-order chi connectivity index (χ1) is 40.9. The molecule has 4 N–H and O–H groups in total. The molecule has 0 saturated carbocycles. The number of cyclic esters (lactones) is 2. The van der Waals surface area contributed by atoms with Crippen LogP contribution in [-0.4, -0.2) is 115 Å². The summed E-state index contributed by atoms with van der Waals surface area (Å²) >= 11 is 0. The van der Waals surface area contributed by atoms with Gasteiger partial charge in [-0.25, -0.2) is 38.7 Å². The first-order valence-corrected chi connectivity index (χ1v) is 33.2. The molecule has 85 heavy (non-hydrogen) atoms. The number of nitrogens with zero attached hydrogens (tertiary/aromatic N) is 4. The van der Waals surface area contributed by atoms with Crippen LogP contribution in [0.25, 0.3) is 44.6 Å². The zero-order valence-electron chi connectivity index (χ0n) is 47.4. The molecule has 0 saturated heterocycles. The van der Waals surface area contributed by atoms with E-state index >= 15 is 0 Å². The van der Waals surface area contributed by atoms with Crippen molar-refractivity contribution >= 4 is 101 Å². The highest BCUT2D eigenvalue weighted by Crippen LogP contribution is 2.45. The van der Waals surface area contributed by atoms with Crippen LogP contribution in [0.5, 0.6) is 11.5 Å². The van der Waals surface area contributed by atoms with E-state index in [1.165, 1.54) is 55.3 Å². The lowest BCUT2D eigenvalue weighted by Crippen LogP contribution is -2.52. The Labute approximate surface area is 503 Å². The first kappa shape index (κ1) is 60.7. The van der Waals surface area contributed by atoms with Gasteiger partial charge in [-0.15, -0.1) is 0 Å². The monoisotopic (exact) mass is 1240 g/mol. The molecule has 4 aromatic heterocycles. The number of hydrogen-bond acceptors (Lipinski definition) is 22. The fraction of sp³-hybridized carbons (Fsp3) is 0.424. The molecule has 2 amide bonds. The van der Waals surface area contributed by atoms with Gasteiger partial charge in [0, 0.05) is 44.5 Å². The van der Waals surface area contributed by atoms with Crippen molar-refractivity contribution in [3.05, 3.63) is 114 Å². The van der Waals surface area contributed by atoms with Crippen molar-refractivity contribution in [2.45, 2.75) is 122 Å². The van der Waals surface area contributed by atoms with E-state index in [2.05, 4.69) is 10.6 Å². The fourth-order valence-corrected chi connectivity index (χ4v) is 14.2. The molecule has 2 aromatic carbocycles. The minimum Gasteiger partial charge on any atom is -0.508 e. The van der Waals surface area contributed by atoms with Gasteiger partial charge in [0.1, 0.15) is 36.8 Å². The van der Waals surface area contributed by atoms with Crippen LogP contribution in [0.15, 0.2) is 58.1 Å². The summed E-state index contributed by atoms with van der Waals surface area (Å²) < 4.78 is 37.3. The highest BCUT2D eigenvalue weighted by Gasteiger charge is 2.53. The molecule has 4 atom stereocenters. The number of esters is 4. The van der Waals surface area contributed by atoms with E-state index in [-0.39, 0.29) is 97.6 Å². The third-order valence-corrected chi connectivity index (χ3v) is 19.5. The molecule has 10 rings (SSSR count). The van der Waals surface area contributed by atoms with Gasteiger partial charge in [0.25, 0.3) is 11.1 Å². The van der Waals surface area contributed by atoms with E-state index in [0.717, 1.165) is 33.0 Å². The molecule has 0 fully saturated rings. The summed E-state index contributed by atoms with van der Waals surface area (Å²) in [6.07, 6.45) is 3.77. The number of benzene rings is 2. The topological polar surface area (TPSA) is 292 Å². The van der Waals surface area contributed by atoms with Gasteiger partial charge in [-0.2, -0.15) is 0 Å². The van der Waals surface area contributed by atoms with Gasteiger partial charge in [-0.05, 0) is 117 Å². The van der Waals surface area contributed by atoms with Gasteiger partial charge in [-0.1, -0.05) is 70.9 Å². The van der Waals surface area contributed by atoms with Gasteiger partial charge in [0.15, 0.2) is 0 Å². The normalized spacial score (nSPS) is 17.7. The number of phenols is 2. The Hall–Kier alpha value is -7.42. The molecule has 4 aliphatic rings. The smallest absolute Gasteiger partial charge is 0.407 e. The Kier molecular flexibility index (Phi) is 18.0. The number of unbranched alkanes of at least 4 members (excludes halogenated alkanes) is 2. The van der Waals surface area contributed by atoms with E-state index in [9.17, 15) is 48.6 Å². The Balaban J connectivity index is 0.742. The van der Waals surface area contributed by atoms with E-state index in [0.29, 0.717) is 65.9 Å². The molecule has 6 aromatic rings. The average Bonchev–Trinajstić information content (AvgIpc) is 1.81. The third kappa shape index (κ3) is 11.3. The highest BCUT2D eigenvalue weighted by atomic mass is 33.1. The first-order valence-electron chi connectivity index (χ1n) is 27.8. The summed E-state index contributed by atoms with van der Waals surface area (Å²) in [5.74, 6) is -3.44. The zero-order chi connectivity index (χ0) is 60.5. The number of carbonyl (C=O) groups excluding carboxylic acids is 6. The maximum atomic E-state index is 14.3. The number of aromatic hydroxyl groups is 2. The number of alkyl carbamates (subject to hydrolysis) is 2. The molecule has 22 nitrogen and oxygen atoms in total. The van der Waals surface area contributed by atoms with Crippen LogP contribution in [0.1, 0.15) is 104 Å². The maximum absolute atomic E-state index is 14.3. The number of carbonyl (C=O) groups is 6. The van der Waals surface area contributed by atoms with Gasteiger partial charge in [0.05, 0.1) is 71.2 Å². The summed E-state index contributed by atoms with van der Waals surface area (Å²) in [5, 5.41) is 27.2. The number of aromatic nitrogens is 4. The summed E-state index contributed by atoms with van der Waals surface area (Å²) in [6, 6.07) is 10.5. The van der Waals surface area contributed by atoms with Crippen molar-refractivity contribution in [1.29, 1.82) is 0 Å². The molecule has 0 bridgehead atoms. The van der Waals surface area contributed by atoms with Gasteiger partial charge in [-0.3, -0.25) is 9.59 Å². The Morgan fingerprint density at radius 2 is 1.02 bits per heavy atom. The van der Waals surface area contributed by atoms with Gasteiger partial charge < -0.3 is 58.4 Å². The second-order valence-electron chi connectivity index (χ2n) is 20.6. The molecule has 0 radical (unpaired) electrons. The van der Waals surface area contributed by atoms with Crippen LogP contribution in [0.4, 0.5) is 9.59 Å². The van der Waals surface area contributed by atoms with Crippen molar-refractivity contribution in [2.24, 2.45) is 0 Å². The lowest BCUT2D eigenvalue weighted by Gasteiger charge is -2.36. The SMILES string of the molecule is CCc1c2c(nc3ccc(O)cc13)-c1cc3c(c(=O)n1C2)COC(=O)[C@]3(CC)OC(=O)C(CSSC)NC(=O)OCCCCCOC(=O)NC(CSSC)C(=O)O[C@]1(CC)C(=O)OCc2c1cc1n(c2=O)Cc2c-1nc1ccc(O)cc1c2CC. The number of fused-ring (bicyclic) bond motifs is 10. The van der Waals surface area contributed by atoms with E-state index in [4.69, 9.17) is 38.4 Å². The molecular weight excluding hydrogens is 1180 g/mol. The number of nitrogens with one attached hydrogen (secondary N) is 2. The molecule has 26 heteroatoms. The Morgan fingerprint density at radius 1 is 0.612 bits per heavy atom. The average molecular weight is 1240 g/mol. The Bertz CT molecular complexity index is 3610. The standard InChI is InChI=1S/C59H62N6O16S4/c1-7-32-34-20-30(66)14-16-42(34)60-48-36(32)24-64-46(48)22-40-38(50(64)68)26-78-54(72)58(40,9-3)80-52(70)44(28-84-82-5)62-56(74)76-18-12-11-13-19-77-57(75)63-45(29-85-83-6)53(71)81-59(10-4)41-23-47-49-37(25-65(47)51(69)39(41)27-79-55(59)73)33(8-2)35-21-31(67)15-17-43(35)61-49/h14-17,20-23,44-45,66-67H,7-13,18-19,24-29H2,1-6H3,(H,62,74)(H,63,75)/t44?,45?,58-,59+. The number of rotatable bonds is 22. The predicted molar refractivity (Wildman–Crippen MR) is 321 cm³/mol. The van der Waals surface area contributed by atoms with Crippen LogP contribution in [0.2, 0.25) is 0 Å². The summed E-state index contributed by atoms with van der Waals surface area (Å²) in [7, 11) is 5.19. The molecule has 2 unspecified atom stereocenters. The van der Waals surface area contributed by atoms with Crippen LogP contribution in [0.3, 0.4) is 0 Å². The van der Waals surface area contributed by atoms with Crippen molar-refractivity contribution in [1.82, 2.24) is 29.7 Å². The molecule has 8 heterocycles. The largest absolute Gasteiger partial charge is 0.508 e. The number of pyridine rings is 4. The lowest BCUT2D eigenvalue weighted by atomic mass is 9.85. The van der Waals surface area contributed by atoms with E-state index in [1.807, 2.05) is 13.8 Å². The molecule has 0 spiro atoms. The summed E-state index contributed by atoms with van der Waals surface area (Å²) in [5.41, 5.74) is 2.29. The van der Waals surface area contributed by atoms with Crippen LogP contribution in [0, 0.1) is 0 Å². The Morgan fingerprint density at radius 3 is 1.40 bits per heavy atom. The zero-order valence-corrected chi connectivity index (χ0v) is 50.7. The van der Waals surface area contributed by atoms with Crippen LogP contribution < -0.4 is 21.8 Å². The quantitative estimate of drug-likeness (QED) is 0.0215. The van der Waals surface area contributed by atoms with Crippen molar-refractivity contribution in [3.63, 3.8) is 0 Å². The molecule has 448 valence electrons. The number of amides is 2. The van der Waals surface area contributed by atoms with Crippen molar-refractivity contribution in [3.8, 4) is 34.3 Å². The minimum absolute atomic E-state index is 0.0276. The highest BCUT2D eigenvalue weighted by molar-refractivity contribution is 8.76. The van der Waals surface area contributed by atoms with Gasteiger partial charge in [0.2, 0.25) is 11.2 Å². The predicted octanol–water partition coefficient (Wildman–Crippen LogP) is 8.19. The van der Waals surface area contributed by atoms with E-state index in [1.54, 1.807) is 71.9 Å². The second kappa shape index (κ2) is 25.3. The number of ether oxygens (including phenoxy) is 6. The second-order valence-corrected chi connectivity index (χ2v) is 25.8. The molecule has 0 aliphatic carbocycles. The summed E-state index contributed by atoms with van der Waals surface area (Å²) in [4.78, 5) is 121. The molecular formula is C59H62N6O16S4. The fourth-order valence-electron chi connectivity index (χ4n) is 11.6. The minimum atomic E-state index is -2.04. The van der Waals surface area contributed by atoms with Crippen LogP contribution in [-0.2, 0) is 97.9 Å². The molecule has 4 aliphatic heterocycles. The van der Waals surface area contributed by atoms with Crippen molar-refractivity contribution < 1.29 is 67.4 Å². The number of aryl methyl sites for hydroxylation is 2. The lowest BCUT2D eigenvalue weighted by molar-refractivity contribution is -0.190. The van der Waals surface area contributed by atoms with Gasteiger partial charge >= 0.3 is 36.1 Å². The number of phenolic OH excluding ortho intramolecular Hbond substituents is 2. The van der Waals surface area contributed by atoms with Crippen molar-refractivity contribution in [2.75, 3.05) is 37.2 Å². The van der Waals surface area contributed by atoms with E-state index < -0.39 is 70.5 Å². The number of hydrogen-bond donors (Lipinski definition) is 4. The van der Waals surface area contributed by atoms with Crippen LogP contribution >= 0.6 is 43.2 Å². The summed E-state index contributed by atoms with van der Waals surface area (Å²) in [6.45, 7) is 6.76. The third-order valence-electron chi connectivity index (χ3n) is 15.9. The maximum Gasteiger partial charge on any atom is 0.407 e.